The zero-order valence-electron chi connectivity index (χ0n) is 11.2. The molecule has 0 aromatic heterocycles. The fourth-order valence-electron chi connectivity index (χ4n) is 1.73. The van der Waals surface area contributed by atoms with E-state index in [2.05, 4.69) is 4.72 Å². The highest BCUT2D eigenvalue weighted by Crippen LogP contribution is 2.14. The van der Waals surface area contributed by atoms with Crippen LogP contribution in [-0.2, 0) is 19.7 Å². The van der Waals surface area contributed by atoms with Crippen molar-refractivity contribution in [1.29, 1.82) is 0 Å². The van der Waals surface area contributed by atoms with Crippen LogP contribution in [0.2, 0.25) is 0 Å². The van der Waals surface area contributed by atoms with Gasteiger partial charge in [0.25, 0.3) is 10.2 Å². The number of nitrogens with zero attached hydrogens (tertiary/aromatic N) is 1. The third-order valence-corrected chi connectivity index (χ3v) is 4.27. The van der Waals surface area contributed by atoms with Gasteiger partial charge in [-0.1, -0.05) is 0 Å². The summed E-state index contributed by atoms with van der Waals surface area (Å²) in [5.74, 6) is -1.49. The van der Waals surface area contributed by atoms with Crippen LogP contribution < -0.4 is 4.72 Å². The lowest BCUT2D eigenvalue weighted by Crippen LogP contribution is -2.55. The van der Waals surface area contributed by atoms with Crippen LogP contribution in [0.25, 0.3) is 0 Å². The minimum absolute atomic E-state index is 0.189. The summed E-state index contributed by atoms with van der Waals surface area (Å²) in [5, 5.41) is 18.2. The number of rotatable bonds is 5. The minimum Gasteiger partial charge on any atom is -0.479 e. The summed E-state index contributed by atoms with van der Waals surface area (Å²) in [5.41, 5.74) is -2.14. The number of carboxylic acids is 1. The number of ether oxygens (including phenoxy) is 1. The molecule has 1 fully saturated rings. The average molecular weight is 296 g/mol. The Kier molecular flexibility index (Phi) is 4.91. The predicted octanol–water partition coefficient (Wildman–Crippen LogP) is -1.23. The molecule has 0 aromatic rings. The first kappa shape index (κ1) is 16.3. The number of morpholine rings is 1. The van der Waals surface area contributed by atoms with Gasteiger partial charge in [-0.3, -0.25) is 0 Å². The van der Waals surface area contributed by atoms with E-state index in [0.29, 0.717) is 0 Å². The molecule has 3 atom stereocenters. The maximum absolute atomic E-state index is 12.0. The lowest BCUT2D eigenvalue weighted by Gasteiger charge is -2.34. The molecule has 1 aliphatic rings. The van der Waals surface area contributed by atoms with Gasteiger partial charge in [-0.2, -0.15) is 17.4 Å². The first-order chi connectivity index (χ1) is 8.54. The van der Waals surface area contributed by atoms with Crippen molar-refractivity contribution in [2.75, 3.05) is 19.6 Å². The second-order valence-electron chi connectivity index (χ2n) is 4.98. The Bertz CT molecular complexity index is 425. The molecule has 0 radical (unpaired) electrons. The lowest BCUT2D eigenvalue weighted by atomic mass is 10.1. The molecule has 3 unspecified atom stereocenters. The van der Waals surface area contributed by atoms with Crippen LogP contribution in [0.5, 0.6) is 0 Å². The largest absolute Gasteiger partial charge is 0.479 e. The molecule has 8 nitrogen and oxygen atoms in total. The van der Waals surface area contributed by atoms with E-state index >= 15 is 0 Å². The Morgan fingerprint density at radius 3 is 2.32 bits per heavy atom. The number of hydrogen-bond acceptors (Lipinski definition) is 5. The first-order valence-electron chi connectivity index (χ1n) is 5.90. The van der Waals surface area contributed by atoms with Crippen molar-refractivity contribution in [2.24, 2.45) is 0 Å². The molecule has 112 valence electrons. The van der Waals surface area contributed by atoms with E-state index in [9.17, 15) is 18.3 Å². The number of hydrogen-bond donors (Lipinski definition) is 3. The number of carbonyl (C=O) groups is 1. The molecule has 1 aliphatic heterocycles. The Balaban J connectivity index is 2.68. The van der Waals surface area contributed by atoms with Gasteiger partial charge in [0.2, 0.25) is 0 Å². The minimum atomic E-state index is -3.84. The van der Waals surface area contributed by atoms with Crippen molar-refractivity contribution in [1.82, 2.24) is 9.03 Å². The van der Waals surface area contributed by atoms with Crippen molar-refractivity contribution in [3.63, 3.8) is 0 Å². The van der Waals surface area contributed by atoms with E-state index in [-0.39, 0.29) is 25.3 Å². The highest BCUT2D eigenvalue weighted by atomic mass is 32.2. The quantitative estimate of drug-likeness (QED) is 0.585. The number of carboxylic acid groups (broad SMARTS) is 1. The normalized spacial score (nSPS) is 28.8. The van der Waals surface area contributed by atoms with Crippen molar-refractivity contribution < 1.29 is 28.2 Å². The Morgan fingerprint density at radius 2 is 1.89 bits per heavy atom. The highest BCUT2D eigenvalue weighted by molar-refractivity contribution is 7.87. The van der Waals surface area contributed by atoms with Gasteiger partial charge in [-0.15, -0.1) is 0 Å². The summed E-state index contributed by atoms with van der Waals surface area (Å²) < 4.78 is 32.7. The number of nitrogens with one attached hydrogen (secondary N) is 1. The number of aliphatic carboxylic acids is 1. The summed E-state index contributed by atoms with van der Waals surface area (Å²) in [4.78, 5) is 10.7. The van der Waals surface area contributed by atoms with Crippen LogP contribution in [0.4, 0.5) is 0 Å². The van der Waals surface area contributed by atoms with Gasteiger partial charge >= 0.3 is 5.97 Å². The van der Waals surface area contributed by atoms with Crippen molar-refractivity contribution in [2.45, 2.75) is 38.6 Å². The molecule has 0 bridgehead atoms. The van der Waals surface area contributed by atoms with Crippen LogP contribution in [0, 0.1) is 0 Å². The summed E-state index contributed by atoms with van der Waals surface area (Å²) in [7, 11) is -3.84. The smallest absolute Gasteiger partial charge is 0.336 e. The predicted molar refractivity (Wildman–Crippen MR) is 66.8 cm³/mol. The van der Waals surface area contributed by atoms with Crippen molar-refractivity contribution in [3.05, 3.63) is 0 Å². The third kappa shape index (κ3) is 4.39. The first-order valence-corrected chi connectivity index (χ1v) is 7.34. The van der Waals surface area contributed by atoms with Crippen LogP contribution in [0.15, 0.2) is 0 Å². The van der Waals surface area contributed by atoms with Gasteiger partial charge in [0.15, 0.2) is 5.60 Å². The topological polar surface area (TPSA) is 116 Å². The van der Waals surface area contributed by atoms with E-state index in [0.717, 1.165) is 6.92 Å². The summed E-state index contributed by atoms with van der Waals surface area (Å²) >= 11 is 0. The van der Waals surface area contributed by atoms with Gasteiger partial charge in [0.1, 0.15) is 0 Å². The molecule has 1 saturated heterocycles. The van der Waals surface area contributed by atoms with Gasteiger partial charge in [0, 0.05) is 13.1 Å². The molecule has 3 N–H and O–H groups in total. The molecule has 1 rings (SSSR count). The maximum atomic E-state index is 12.0. The summed E-state index contributed by atoms with van der Waals surface area (Å²) in [6.45, 7) is 4.33. The number of aliphatic hydroxyl groups is 1. The molecule has 0 saturated carbocycles. The van der Waals surface area contributed by atoms with E-state index in [1.54, 1.807) is 13.8 Å². The van der Waals surface area contributed by atoms with Gasteiger partial charge in [0.05, 0.1) is 18.8 Å². The second-order valence-corrected chi connectivity index (χ2v) is 6.73. The van der Waals surface area contributed by atoms with Crippen LogP contribution in [0.1, 0.15) is 20.8 Å². The molecule has 9 heteroatoms. The Hall–Kier alpha value is -0.740. The fourth-order valence-corrected chi connectivity index (χ4v) is 3.18. The zero-order chi connectivity index (χ0) is 14.8. The third-order valence-electron chi connectivity index (χ3n) is 2.79. The monoisotopic (exact) mass is 296 g/mol. The van der Waals surface area contributed by atoms with Gasteiger partial charge in [-0.25, -0.2) is 4.79 Å². The van der Waals surface area contributed by atoms with E-state index in [1.807, 2.05) is 0 Å². The summed E-state index contributed by atoms with van der Waals surface area (Å²) in [6.07, 6.45) is -0.472. The van der Waals surface area contributed by atoms with Crippen LogP contribution >= 0.6 is 0 Å². The maximum Gasteiger partial charge on any atom is 0.336 e. The van der Waals surface area contributed by atoms with E-state index in [1.165, 1.54) is 4.31 Å². The SMILES string of the molecule is CC1CN(S(=O)(=O)NCC(C)(O)C(=O)O)CC(C)O1. The molecule has 1 heterocycles. The van der Waals surface area contributed by atoms with E-state index < -0.39 is 28.3 Å². The molecule has 19 heavy (non-hydrogen) atoms. The standard InChI is InChI=1S/C10H20N2O6S/c1-7-4-12(5-8(2)18-7)19(16,17)11-6-10(3,15)9(13)14/h7-8,11,15H,4-6H2,1-3H3,(H,13,14). The molecule has 0 amide bonds. The molecule has 0 aromatic carbocycles. The fraction of sp³-hybridized carbons (Fsp3) is 0.900. The van der Waals surface area contributed by atoms with Gasteiger partial charge < -0.3 is 14.9 Å². The molecular weight excluding hydrogens is 276 g/mol. The van der Waals surface area contributed by atoms with Gasteiger partial charge in [-0.05, 0) is 20.8 Å². The zero-order valence-corrected chi connectivity index (χ0v) is 12.0. The van der Waals surface area contributed by atoms with Crippen LogP contribution in [0.3, 0.4) is 0 Å². The Morgan fingerprint density at radius 1 is 1.42 bits per heavy atom. The van der Waals surface area contributed by atoms with Crippen LogP contribution in [-0.4, -0.2) is 66.3 Å². The average Bonchev–Trinajstić information content (AvgIpc) is 2.25. The van der Waals surface area contributed by atoms with Crippen molar-refractivity contribution >= 4 is 16.2 Å². The molecular formula is C10H20N2O6S. The molecule has 0 spiro atoms. The molecule has 0 aliphatic carbocycles. The Labute approximate surface area is 112 Å². The highest BCUT2D eigenvalue weighted by Gasteiger charge is 2.35. The summed E-state index contributed by atoms with van der Waals surface area (Å²) in [6, 6.07) is 0. The van der Waals surface area contributed by atoms with Crippen molar-refractivity contribution in [3.8, 4) is 0 Å². The second kappa shape index (κ2) is 5.71. The van der Waals surface area contributed by atoms with E-state index in [4.69, 9.17) is 9.84 Å². The lowest BCUT2D eigenvalue weighted by molar-refractivity contribution is -0.155.